The Labute approximate surface area is 101 Å². The highest BCUT2D eigenvalue weighted by Crippen LogP contribution is 2.15. The highest BCUT2D eigenvalue weighted by atomic mass is 127. The van der Waals surface area contributed by atoms with E-state index in [4.69, 9.17) is 4.74 Å². The zero-order chi connectivity index (χ0) is 11.6. The molecule has 0 aliphatic carbocycles. The number of H-pyrrole nitrogens is 1. The van der Waals surface area contributed by atoms with Crippen molar-refractivity contribution in [3.8, 4) is 0 Å². The Morgan fingerprint density at radius 3 is 2.60 bits per heavy atom. The second-order valence-electron chi connectivity index (χ2n) is 3.11. The third kappa shape index (κ3) is 2.39. The predicted octanol–water partition coefficient (Wildman–Crippen LogP) is 1.77. The summed E-state index contributed by atoms with van der Waals surface area (Å²) < 4.78 is 5.71. The van der Waals surface area contributed by atoms with Gasteiger partial charge in [-0.3, -0.25) is 4.79 Å². The van der Waals surface area contributed by atoms with E-state index in [1.54, 1.807) is 20.8 Å². The van der Waals surface area contributed by atoms with Crippen LogP contribution in [-0.2, 0) is 4.74 Å². The normalized spacial score (nSPS) is 10.1. The van der Waals surface area contributed by atoms with Crippen molar-refractivity contribution in [2.45, 2.75) is 20.8 Å². The third-order valence-electron chi connectivity index (χ3n) is 2.04. The van der Waals surface area contributed by atoms with E-state index >= 15 is 0 Å². The number of nitrogens with one attached hydrogen (secondary N) is 1. The molecule has 0 saturated carbocycles. The van der Waals surface area contributed by atoms with Crippen LogP contribution in [0.1, 0.15) is 28.5 Å². The van der Waals surface area contributed by atoms with E-state index in [1.807, 2.05) is 0 Å². The van der Waals surface area contributed by atoms with Gasteiger partial charge in [0.2, 0.25) is 0 Å². The molecular weight excluding hydrogens is 309 g/mol. The number of halogens is 1. The lowest BCUT2D eigenvalue weighted by Crippen LogP contribution is -2.23. The molecule has 15 heavy (non-hydrogen) atoms. The van der Waals surface area contributed by atoms with E-state index in [0.717, 1.165) is 9.26 Å². The Morgan fingerprint density at radius 2 is 2.07 bits per heavy atom. The third-order valence-corrected chi connectivity index (χ3v) is 3.66. The van der Waals surface area contributed by atoms with Crippen molar-refractivity contribution in [2.24, 2.45) is 0 Å². The molecule has 0 amide bonds. The quantitative estimate of drug-likeness (QED) is 0.667. The van der Waals surface area contributed by atoms with E-state index in [1.165, 1.54) is 0 Å². The van der Waals surface area contributed by atoms with Crippen molar-refractivity contribution in [1.82, 2.24) is 4.98 Å². The van der Waals surface area contributed by atoms with E-state index < -0.39 is 5.97 Å². The fraction of sp³-hybridized carbons (Fsp3) is 0.400. The summed E-state index contributed by atoms with van der Waals surface area (Å²) in [6.07, 6.45) is 0. The van der Waals surface area contributed by atoms with Crippen LogP contribution in [-0.4, -0.2) is 17.6 Å². The monoisotopic (exact) mass is 321 g/mol. The smallest absolute Gasteiger partial charge is 0.344 e. The number of aromatic nitrogens is 1. The van der Waals surface area contributed by atoms with Crippen LogP contribution in [0.25, 0.3) is 0 Å². The van der Waals surface area contributed by atoms with E-state index in [0.29, 0.717) is 5.56 Å². The first-order valence-corrected chi connectivity index (χ1v) is 5.63. The molecular formula is C10H12INO3. The van der Waals surface area contributed by atoms with Crippen molar-refractivity contribution < 1.29 is 9.53 Å². The number of rotatable bonds is 2. The van der Waals surface area contributed by atoms with Crippen LogP contribution in [0, 0.1) is 17.4 Å². The number of aromatic amines is 1. The highest BCUT2D eigenvalue weighted by molar-refractivity contribution is 14.1. The molecule has 82 valence electrons. The Balaban J connectivity index is 3.36. The number of hydrogen-bond acceptors (Lipinski definition) is 3. The van der Waals surface area contributed by atoms with Gasteiger partial charge < -0.3 is 9.72 Å². The second kappa shape index (κ2) is 4.78. The molecule has 1 rings (SSSR count). The molecule has 0 spiro atoms. The fourth-order valence-electron chi connectivity index (χ4n) is 1.30. The molecule has 1 N–H and O–H groups in total. The number of carbonyl (C=O) groups excluding carboxylic acids is 1. The molecule has 0 unspecified atom stereocenters. The zero-order valence-corrected chi connectivity index (χ0v) is 11.0. The summed E-state index contributed by atoms with van der Waals surface area (Å²) in [4.78, 5) is 25.7. The molecule has 1 aromatic heterocycles. The van der Waals surface area contributed by atoms with Gasteiger partial charge >= 0.3 is 5.97 Å². The van der Waals surface area contributed by atoms with Gasteiger partial charge in [0, 0.05) is 9.26 Å². The van der Waals surface area contributed by atoms with Crippen molar-refractivity contribution in [3.63, 3.8) is 0 Å². The molecule has 0 aliphatic rings. The molecule has 1 heterocycles. The lowest BCUT2D eigenvalue weighted by Gasteiger charge is -2.08. The first-order valence-electron chi connectivity index (χ1n) is 4.55. The summed E-state index contributed by atoms with van der Waals surface area (Å²) in [5.74, 6) is -0.561. The molecule has 5 heteroatoms. The van der Waals surface area contributed by atoms with Crippen LogP contribution in [0.4, 0.5) is 0 Å². The minimum Gasteiger partial charge on any atom is -0.462 e. The van der Waals surface area contributed by atoms with Gasteiger partial charge in [-0.25, -0.2) is 4.79 Å². The minimum absolute atomic E-state index is 0.104. The van der Waals surface area contributed by atoms with Crippen molar-refractivity contribution in [2.75, 3.05) is 6.61 Å². The van der Waals surface area contributed by atoms with Gasteiger partial charge in [0.25, 0.3) is 5.56 Å². The summed E-state index contributed by atoms with van der Waals surface area (Å²) in [7, 11) is 0. The Bertz CT molecular complexity index is 451. The summed E-state index contributed by atoms with van der Waals surface area (Å²) in [5, 5.41) is 0. The predicted molar refractivity (Wildman–Crippen MR) is 65.2 cm³/mol. The van der Waals surface area contributed by atoms with Crippen LogP contribution >= 0.6 is 22.6 Å². The first kappa shape index (κ1) is 12.2. The number of aryl methyl sites for hydroxylation is 1. The first-order chi connectivity index (χ1) is 6.99. The average molecular weight is 321 g/mol. The second-order valence-corrected chi connectivity index (χ2v) is 4.19. The number of pyridine rings is 1. The van der Waals surface area contributed by atoms with Gasteiger partial charge in [0.15, 0.2) is 0 Å². The van der Waals surface area contributed by atoms with Crippen molar-refractivity contribution in [3.05, 3.63) is 30.7 Å². The maximum atomic E-state index is 11.6. The number of carbonyl (C=O) groups is 1. The largest absolute Gasteiger partial charge is 0.462 e. The lowest BCUT2D eigenvalue weighted by molar-refractivity contribution is 0.0523. The maximum absolute atomic E-state index is 11.6. The Hall–Kier alpha value is -0.850. The van der Waals surface area contributed by atoms with E-state index in [-0.39, 0.29) is 17.7 Å². The molecule has 4 nitrogen and oxygen atoms in total. The van der Waals surface area contributed by atoms with Gasteiger partial charge in [0.1, 0.15) is 5.56 Å². The molecule has 0 fully saturated rings. The van der Waals surface area contributed by atoms with Crippen LogP contribution in [0.15, 0.2) is 4.79 Å². The Morgan fingerprint density at radius 1 is 1.47 bits per heavy atom. The average Bonchev–Trinajstić information content (AvgIpc) is 2.15. The van der Waals surface area contributed by atoms with Crippen LogP contribution in [0.5, 0.6) is 0 Å². The fourth-order valence-corrected chi connectivity index (χ4v) is 1.70. The molecule has 0 aliphatic heterocycles. The molecule has 0 aromatic carbocycles. The van der Waals surface area contributed by atoms with Crippen LogP contribution in [0.3, 0.4) is 0 Å². The summed E-state index contributed by atoms with van der Waals surface area (Å²) >= 11 is 2.10. The van der Waals surface area contributed by atoms with Gasteiger partial charge in [-0.05, 0) is 48.9 Å². The summed E-state index contributed by atoms with van der Waals surface area (Å²) in [5.41, 5.74) is 1.16. The van der Waals surface area contributed by atoms with Gasteiger partial charge in [-0.15, -0.1) is 0 Å². The number of esters is 1. The maximum Gasteiger partial charge on any atom is 0.344 e. The standard InChI is InChI=1S/C10H12INO3/c1-4-15-10(14)7-5(2)8(11)6(3)12-9(7)13/h4H2,1-3H3,(H,12,13). The van der Waals surface area contributed by atoms with Crippen molar-refractivity contribution in [1.29, 1.82) is 0 Å². The van der Waals surface area contributed by atoms with E-state index in [9.17, 15) is 9.59 Å². The van der Waals surface area contributed by atoms with Crippen LogP contribution in [0.2, 0.25) is 0 Å². The molecule has 0 bridgehead atoms. The topological polar surface area (TPSA) is 59.2 Å². The highest BCUT2D eigenvalue weighted by Gasteiger charge is 2.18. The molecule has 0 atom stereocenters. The summed E-state index contributed by atoms with van der Waals surface area (Å²) in [6.45, 7) is 5.52. The summed E-state index contributed by atoms with van der Waals surface area (Å²) in [6, 6.07) is 0. The lowest BCUT2D eigenvalue weighted by atomic mass is 10.1. The SMILES string of the molecule is CCOC(=O)c1c(C)c(I)c(C)[nH]c1=O. The molecule has 1 aromatic rings. The van der Waals surface area contributed by atoms with E-state index in [2.05, 4.69) is 27.6 Å². The van der Waals surface area contributed by atoms with Gasteiger partial charge in [-0.2, -0.15) is 0 Å². The number of ether oxygens (including phenoxy) is 1. The number of hydrogen-bond donors (Lipinski definition) is 1. The molecule has 0 saturated heterocycles. The Kier molecular flexibility index (Phi) is 3.90. The van der Waals surface area contributed by atoms with Crippen LogP contribution < -0.4 is 5.56 Å². The zero-order valence-electron chi connectivity index (χ0n) is 8.81. The van der Waals surface area contributed by atoms with Gasteiger partial charge in [0.05, 0.1) is 6.61 Å². The van der Waals surface area contributed by atoms with Crippen molar-refractivity contribution >= 4 is 28.6 Å². The minimum atomic E-state index is -0.561. The van der Waals surface area contributed by atoms with Gasteiger partial charge in [-0.1, -0.05) is 0 Å². The molecule has 0 radical (unpaired) electrons.